The lowest BCUT2D eigenvalue weighted by Crippen LogP contribution is -2.44. The molecule has 1 amide bonds. The summed E-state index contributed by atoms with van der Waals surface area (Å²) in [6, 6.07) is 8.46. The van der Waals surface area contributed by atoms with E-state index in [-0.39, 0.29) is 12.1 Å². The van der Waals surface area contributed by atoms with Crippen LogP contribution in [0.15, 0.2) is 42.6 Å². The quantitative estimate of drug-likeness (QED) is 0.889. The predicted molar refractivity (Wildman–Crippen MR) is 96.6 cm³/mol. The minimum atomic E-state index is -4.57. The topological polar surface area (TPSA) is 48.5 Å². The van der Waals surface area contributed by atoms with Gasteiger partial charge in [0.15, 0.2) is 0 Å². The maximum Gasteiger partial charge on any atom is 0.417 e. The fourth-order valence-electron chi connectivity index (χ4n) is 2.95. The average Bonchev–Trinajstić information content (AvgIpc) is 2.66. The number of pyridine rings is 1. The Labute approximate surface area is 155 Å². The summed E-state index contributed by atoms with van der Waals surface area (Å²) in [7, 11) is 2.08. The lowest BCUT2D eigenvalue weighted by atomic mass is 10.1. The smallest absolute Gasteiger partial charge is 0.354 e. The van der Waals surface area contributed by atoms with Gasteiger partial charge in [0.1, 0.15) is 5.82 Å². The van der Waals surface area contributed by atoms with Crippen molar-refractivity contribution in [1.29, 1.82) is 0 Å². The number of nitrogens with zero attached hydrogens (tertiary/aromatic N) is 3. The third-order valence-corrected chi connectivity index (χ3v) is 4.57. The molecule has 1 N–H and O–H groups in total. The van der Waals surface area contributed by atoms with Crippen LogP contribution in [0.2, 0.25) is 0 Å². The summed E-state index contributed by atoms with van der Waals surface area (Å²) < 4.78 is 39.1. The molecule has 0 unspecified atom stereocenters. The molecule has 0 spiro atoms. The molecular formula is C19H21F3N4O. The van der Waals surface area contributed by atoms with Gasteiger partial charge in [-0.2, -0.15) is 13.2 Å². The Morgan fingerprint density at radius 2 is 1.81 bits per heavy atom. The zero-order chi connectivity index (χ0) is 19.4. The lowest BCUT2D eigenvalue weighted by molar-refractivity contribution is -0.137. The number of nitrogens with one attached hydrogen (secondary N) is 1. The van der Waals surface area contributed by atoms with E-state index in [1.807, 2.05) is 12.1 Å². The molecule has 8 heteroatoms. The maximum atomic E-state index is 13.0. The van der Waals surface area contributed by atoms with E-state index in [2.05, 4.69) is 27.1 Å². The summed E-state index contributed by atoms with van der Waals surface area (Å²) in [5, 5.41) is 2.53. The first-order valence-corrected chi connectivity index (χ1v) is 8.67. The Hall–Kier alpha value is -2.61. The van der Waals surface area contributed by atoms with Crippen molar-refractivity contribution in [2.24, 2.45) is 0 Å². The van der Waals surface area contributed by atoms with E-state index in [4.69, 9.17) is 0 Å². The zero-order valence-electron chi connectivity index (χ0n) is 15.0. The van der Waals surface area contributed by atoms with Gasteiger partial charge in [-0.25, -0.2) is 4.98 Å². The Bertz CT molecular complexity index is 784. The number of amides is 1. The van der Waals surface area contributed by atoms with Crippen LogP contribution in [-0.2, 0) is 12.7 Å². The highest BCUT2D eigenvalue weighted by Crippen LogP contribution is 2.31. The number of alkyl halides is 3. The van der Waals surface area contributed by atoms with E-state index in [0.29, 0.717) is 0 Å². The normalized spacial score (nSPS) is 15.6. The Balaban J connectivity index is 1.61. The molecule has 1 aliphatic rings. The van der Waals surface area contributed by atoms with Gasteiger partial charge < -0.3 is 15.1 Å². The Morgan fingerprint density at radius 3 is 2.44 bits per heavy atom. The van der Waals surface area contributed by atoms with Crippen molar-refractivity contribution in [1.82, 2.24) is 15.2 Å². The number of hydrogen-bond donors (Lipinski definition) is 1. The van der Waals surface area contributed by atoms with Gasteiger partial charge >= 0.3 is 6.18 Å². The molecule has 2 aromatic rings. The van der Waals surface area contributed by atoms with Crippen LogP contribution in [0.5, 0.6) is 0 Å². The number of aromatic nitrogens is 1. The molecule has 1 aromatic carbocycles. The third kappa shape index (κ3) is 4.77. The highest BCUT2D eigenvalue weighted by molar-refractivity contribution is 5.95. The van der Waals surface area contributed by atoms with Crippen LogP contribution >= 0.6 is 0 Å². The summed E-state index contributed by atoms with van der Waals surface area (Å²) in [6.45, 7) is 3.85. The first-order chi connectivity index (χ1) is 12.8. The molecule has 144 valence electrons. The number of carbonyl (C=O) groups excluding carboxylic acids is 1. The number of hydrogen-bond acceptors (Lipinski definition) is 4. The molecule has 0 saturated carbocycles. The van der Waals surface area contributed by atoms with Gasteiger partial charge in [0.25, 0.3) is 5.91 Å². The fourth-order valence-corrected chi connectivity index (χ4v) is 2.95. The molecule has 0 bridgehead atoms. The number of rotatable bonds is 4. The largest absolute Gasteiger partial charge is 0.417 e. The summed E-state index contributed by atoms with van der Waals surface area (Å²) in [6.07, 6.45) is -2.93. The molecule has 0 atom stereocenters. The van der Waals surface area contributed by atoms with Crippen LogP contribution < -0.4 is 10.2 Å². The molecule has 2 heterocycles. The van der Waals surface area contributed by atoms with Gasteiger partial charge in [-0.05, 0) is 30.8 Å². The number of anilines is 1. The van der Waals surface area contributed by atoms with Gasteiger partial charge in [0, 0.05) is 38.9 Å². The lowest BCUT2D eigenvalue weighted by Gasteiger charge is -2.33. The molecule has 3 rings (SSSR count). The molecule has 1 aromatic heterocycles. The van der Waals surface area contributed by atoms with E-state index >= 15 is 0 Å². The monoisotopic (exact) mass is 378 g/mol. The average molecular weight is 378 g/mol. The second kappa shape index (κ2) is 7.96. The minimum Gasteiger partial charge on any atom is -0.354 e. The molecule has 1 aliphatic heterocycles. The molecule has 1 fully saturated rings. The van der Waals surface area contributed by atoms with Crippen molar-refractivity contribution in [3.05, 3.63) is 59.3 Å². The summed E-state index contributed by atoms with van der Waals surface area (Å²) in [5.74, 6) is 0.103. The summed E-state index contributed by atoms with van der Waals surface area (Å²) in [4.78, 5) is 21.0. The predicted octanol–water partition coefficient (Wildman–Crippen LogP) is 2.78. The van der Waals surface area contributed by atoms with Crippen LogP contribution in [0.4, 0.5) is 19.0 Å². The maximum absolute atomic E-state index is 13.0. The van der Waals surface area contributed by atoms with Crippen LogP contribution in [0.1, 0.15) is 21.5 Å². The highest BCUT2D eigenvalue weighted by atomic mass is 19.4. The van der Waals surface area contributed by atoms with Crippen LogP contribution in [0, 0.1) is 0 Å². The minimum absolute atomic E-state index is 0.112. The number of likely N-dealkylation sites (N-methyl/N-ethyl adjacent to an activating group) is 1. The van der Waals surface area contributed by atoms with Crippen molar-refractivity contribution < 1.29 is 18.0 Å². The molecule has 27 heavy (non-hydrogen) atoms. The number of benzene rings is 1. The van der Waals surface area contributed by atoms with E-state index in [0.717, 1.165) is 43.6 Å². The summed E-state index contributed by atoms with van der Waals surface area (Å²) >= 11 is 0. The van der Waals surface area contributed by atoms with Gasteiger partial charge in [-0.15, -0.1) is 0 Å². The van der Waals surface area contributed by atoms with Crippen molar-refractivity contribution in [2.75, 3.05) is 38.1 Å². The fraction of sp³-hybridized carbons (Fsp3) is 0.368. The van der Waals surface area contributed by atoms with Crippen molar-refractivity contribution in [3.8, 4) is 0 Å². The van der Waals surface area contributed by atoms with Crippen LogP contribution in [0.3, 0.4) is 0 Å². The standard InChI is InChI=1S/C19H21F3N4O/c1-25-8-10-26(11-9-25)17-7-6-14(12-23-17)13-24-18(27)15-4-2-3-5-16(15)19(20,21)22/h2-7,12H,8-11,13H2,1H3,(H,24,27). The first-order valence-electron chi connectivity index (χ1n) is 8.67. The third-order valence-electron chi connectivity index (χ3n) is 4.57. The van der Waals surface area contributed by atoms with E-state index in [1.54, 1.807) is 6.20 Å². The Morgan fingerprint density at radius 1 is 1.11 bits per heavy atom. The van der Waals surface area contributed by atoms with Crippen molar-refractivity contribution in [3.63, 3.8) is 0 Å². The van der Waals surface area contributed by atoms with Gasteiger partial charge in [0.2, 0.25) is 0 Å². The van der Waals surface area contributed by atoms with Crippen LogP contribution in [0.25, 0.3) is 0 Å². The van der Waals surface area contributed by atoms with Gasteiger partial charge in [0.05, 0.1) is 11.1 Å². The van der Waals surface area contributed by atoms with E-state index in [9.17, 15) is 18.0 Å². The molecular weight excluding hydrogens is 357 g/mol. The molecule has 5 nitrogen and oxygen atoms in total. The van der Waals surface area contributed by atoms with E-state index < -0.39 is 17.6 Å². The van der Waals surface area contributed by atoms with Crippen LogP contribution in [-0.4, -0.2) is 49.0 Å². The second-order valence-electron chi connectivity index (χ2n) is 6.54. The number of halogens is 3. The zero-order valence-corrected chi connectivity index (χ0v) is 15.0. The Kier molecular flexibility index (Phi) is 5.65. The first kappa shape index (κ1) is 19.2. The summed E-state index contributed by atoms with van der Waals surface area (Å²) in [5.41, 5.74) is -0.594. The van der Waals surface area contributed by atoms with Crippen molar-refractivity contribution in [2.45, 2.75) is 12.7 Å². The SMILES string of the molecule is CN1CCN(c2ccc(CNC(=O)c3ccccc3C(F)(F)F)cn2)CC1. The van der Waals surface area contributed by atoms with Gasteiger partial charge in [-0.3, -0.25) is 4.79 Å². The van der Waals surface area contributed by atoms with Crippen molar-refractivity contribution >= 4 is 11.7 Å². The molecule has 1 saturated heterocycles. The second-order valence-corrected chi connectivity index (χ2v) is 6.54. The number of carbonyl (C=O) groups is 1. The van der Waals surface area contributed by atoms with Gasteiger partial charge in [-0.1, -0.05) is 18.2 Å². The van der Waals surface area contributed by atoms with E-state index in [1.165, 1.54) is 18.2 Å². The molecule has 0 radical (unpaired) electrons. The molecule has 0 aliphatic carbocycles. The highest BCUT2D eigenvalue weighted by Gasteiger charge is 2.34. The number of piperazine rings is 1.